The Bertz CT molecular complexity index is 795. The quantitative estimate of drug-likeness (QED) is 0.215. The SMILES string of the molecule is CC(CCCCCCO[Si](c1ccccc1)(c1ccccc1)C(C)(C)C)C(=O)OC(C)(C)C. The van der Waals surface area contributed by atoms with Gasteiger partial charge in [0, 0.05) is 6.61 Å². The molecular formula is C29H44O3Si. The number of ether oxygens (including phenoxy) is 1. The second-order valence-electron chi connectivity index (χ2n) is 11.1. The number of carbonyl (C=O) groups is 1. The van der Waals surface area contributed by atoms with Crippen LogP contribution in [0.2, 0.25) is 5.04 Å². The summed E-state index contributed by atoms with van der Waals surface area (Å²) in [6.45, 7) is 15.4. The molecule has 0 aliphatic rings. The van der Waals surface area contributed by atoms with Crippen LogP contribution in [0.4, 0.5) is 0 Å². The summed E-state index contributed by atoms with van der Waals surface area (Å²) in [6.07, 6.45) is 5.17. The van der Waals surface area contributed by atoms with Crippen LogP contribution in [0.1, 0.15) is 80.6 Å². The van der Waals surface area contributed by atoms with Crippen LogP contribution >= 0.6 is 0 Å². The highest BCUT2D eigenvalue weighted by Gasteiger charge is 2.49. The number of hydrogen-bond donors (Lipinski definition) is 0. The molecule has 1 unspecified atom stereocenters. The molecular weight excluding hydrogens is 424 g/mol. The number of carbonyl (C=O) groups excluding carboxylic acids is 1. The standard InChI is InChI=1S/C29H44O3Si/c1-24(27(30)32-28(2,3)4)18-12-8-9-17-23-31-33(29(5,6)7,25-19-13-10-14-20-25)26-21-15-11-16-22-26/h10-11,13-16,19-22,24H,8-9,12,17-18,23H2,1-7H3. The third-order valence-corrected chi connectivity index (χ3v) is 11.1. The highest BCUT2D eigenvalue weighted by atomic mass is 28.4. The monoisotopic (exact) mass is 468 g/mol. The molecule has 0 heterocycles. The molecule has 4 heteroatoms. The van der Waals surface area contributed by atoms with Gasteiger partial charge in [-0.05, 0) is 49.0 Å². The Kier molecular flexibility index (Phi) is 9.93. The third kappa shape index (κ3) is 7.82. The van der Waals surface area contributed by atoms with Crippen LogP contribution in [0.15, 0.2) is 60.7 Å². The lowest BCUT2D eigenvalue weighted by atomic mass is 10.0. The molecule has 2 aromatic carbocycles. The number of unbranched alkanes of at least 4 members (excludes halogenated alkanes) is 3. The van der Waals surface area contributed by atoms with E-state index in [0.29, 0.717) is 0 Å². The molecule has 0 aliphatic carbocycles. The maximum atomic E-state index is 12.2. The Labute approximate surface area is 203 Å². The van der Waals surface area contributed by atoms with Crippen molar-refractivity contribution in [1.82, 2.24) is 0 Å². The fraction of sp³-hybridized carbons (Fsp3) is 0.552. The van der Waals surface area contributed by atoms with Crippen molar-refractivity contribution >= 4 is 24.7 Å². The number of esters is 1. The fourth-order valence-electron chi connectivity index (χ4n) is 4.41. The van der Waals surface area contributed by atoms with Crippen LogP contribution in [-0.4, -0.2) is 26.5 Å². The molecule has 0 aliphatic heterocycles. The normalized spacial score (nSPS) is 13.5. The zero-order valence-electron chi connectivity index (χ0n) is 21.8. The van der Waals surface area contributed by atoms with E-state index < -0.39 is 13.9 Å². The maximum Gasteiger partial charge on any atom is 0.309 e. The van der Waals surface area contributed by atoms with Gasteiger partial charge in [-0.25, -0.2) is 0 Å². The van der Waals surface area contributed by atoms with Crippen LogP contribution in [0, 0.1) is 5.92 Å². The Morgan fingerprint density at radius 3 is 1.73 bits per heavy atom. The van der Waals surface area contributed by atoms with E-state index in [1.807, 2.05) is 27.7 Å². The lowest BCUT2D eigenvalue weighted by molar-refractivity contribution is -0.159. The molecule has 0 amide bonds. The van der Waals surface area contributed by atoms with Gasteiger partial charge in [-0.2, -0.15) is 0 Å². The van der Waals surface area contributed by atoms with Crippen molar-refractivity contribution in [2.45, 2.75) is 91.2 Å². The van der Waals surface area contributed by atoms with Gasteiger partial charge in [-0.1, -0.05) is 108 Å². The largest absolute Gasteiger partial charge is 0.460 e. The van der Waals surface area contributed by atoms with E-state index in [1.54, 1.807) is 0 Å². The van der Waals surface area contributed by atoms with Crippen molar-refractivity contribution in [2.24, 2.45) is 5.92 Å². The van der Waals surface area contributed by atoms with Gasteiger partial charge in [0.2, 0.25) is 0 Å². The van der Waals surface area contributed by atoms with Crippen molar-refractivity contribution < 1.29 is 14.0 Å². The average Bonchev–Trinajstić information content (AvgIpc) is 2.74. The van der Waals surface area contributed by atoms with Crippen molar-refractivity contribution in [3.8, 4) is 0 Å². The van der Waals surface area contributed by atoms with Gasteiger partial charge in [-0.15, -0.1) is 0 Å². The van der Waals surface area contributed by atoms with Gasteiger partial charge >= 0.3 is 5.97 Å². The molecule has 0 saturated carbocycles. The van der Waals surface area contributed by atoms with Crippen molar-refractivity contribution in [3.63, 3.8) is 0 Å². The zero-order valence-corrected chi connectivity index (χ0v) is 22.8. The first-order valence-electron chi connectivity index (χ1n) is 12.5. The highest BCUT2D eigenvalue weighted by Crippen LogP contribution is 2.36. The Morgan fingerprint density at radius 1 is 0.788 bits per heavy atom. The summed E-state index contributed by atoms with van der Waals surface area (Å²) in [5, 5.41) is 2.67. The molecule has 0 fully saturated rings. The molecule has 0 saturated heterocycles. The van der Waals surface area contributed by atoms with Crippen LogP contribution < -0.4 is 10.4 Å². The smallest absolute Gasteiger partial charge is 0.309 e. The molecule has 0 bridgehead atoms. The highest BCUT2D eigenvalue weighted by molar-refractivity contribution is 6.99. The second-order valence-corrected chi connectivity index (χ2v) is 15.5. The minimum atomic E-state index is -2.43. The summed E-state index contributed by atoms with van der Waals surface area (Å²) in [7, 11) is -2.43. The molecule has 33 heavy (non-hydrogen) atoms. The molecule has 2 rings (SSSR count). The maximum absolute atomic E-state index is 12.2. The van der Waals surface area contributed by atoms with E-state index in [1.165, 1.54) is 10.4 Å². The predicted octanol–water partition coefficient (Wildman–Crippen LogP) is 6.49. The predicted molar refractivity (Wildman–Crippen MR) is 142 cm³/mol. The van der Waals surface area contributed by atoms with E-state index in [2.05, 4.69) is 81.4 Å². The molecule has 0 aromatic heterocycles. The molecule has 3 nitrogen and oxygen atoms in total. The lowest BCUT2D eigenvalue weighted by Gasteiger charge is -2.43. The van der Waals surface area contributed by atoms with E-state index >= 15 is 0 Å². The lowest BCUT2D eigenvalue weighted by Crippen LogP contribution is -2.66. The van der Waals surface area contributed by atoms with Gasteiger partial charge in [0.1, 0.15) is 5.60 Å². The molecule has 0 N–H and O–H groups in total. The van der Waals surface area contributed by atoms with Crippen LogP contribution in [0.5, 0.6) is 0 Å². The van der Waals surface area contributed by atoms with Crippen LogP contribution in [0.25, 0.3) is 0 Å². The topological polar surface area (TPSA) is 35.5 Å². The fourth-order valence-corrected chi connectivity index (χ4v) is 9.02. The summed E-state index contributed by atoms with van der Waals surface area (Å²) < 4.78 is 12.4. The van der Waals surface area contributed by atoms with Gasteiger partial charge in [0.05, 0.1) is 5.92 Å². The molecule has 2 aromatic rings. The Balaban J connectivity index is 1.95. The van der Waals surface area contributed by atoms with E-state index in [-0.39, 0.29) is 16.9 Å². The Hall–Kier alpha value is -1.91. The van der Waals surface area contributed by atoms with Gasteiger partial charge in [0.15, 0.2) is 0 Å². The first kappa shape index (κ1) is 27.3. The summed E-state index contributed by atoms with van der Waals surface area (Å²) in [5.41, 5.74) is -0.413. The van der Waals surface area contributed by atoms with E-state index in [9.17, 15) is 4.79 Å². The number of hydrogen-bond acceptors (Lipinski definition) is 3. The van der Waals surface area contributed by atoms with Crippen molar-refractivity contribution in [1.29, 1.82) is 0 Å². The molecule has 0 spiro atoms. The molecule has 182 valence electrons. The number of benzene rings is 2. The van der Waals surface area contributed by atoms with Crippen LogP contribution in [-0.2, 0) is 14.0 Å². The van der Waals surface area contributed by atoms with E-state index in [0.717, 1.165) is 38.7 Å². The van der Waals surface area contributed by atoms with Crippen molar-refractivity contribution in [3.05, 3.63) is 60.7 Å². The first-order valence-corrected chi connectivity index (χ1v) is 14.4. The number of rotatable bonds is 11. The summed E-state index contributed by atoms with van der Waals surface area (Å²) >= 11 is 0. The van der Waals surface area contributed by atoms with Crippen LogP contribution in [0.3, 0.4) is 0 Å². The molecule has 0 radical (unpaired) electrons. The second kappa shape index (κ2) is 12.0. The third-order valence-electron chi connectivity index (χ3n) is 6.08. The Morgan fingerprint density at radius 2 is 1.27 bits per heavy atom. The molecule has 1 atom stereocenters. The summed E-state index contributed by atoms with van der Waals surface area (Å²) in [4.78, 5) is 12.2. The van der Waals surface area contributed by atoms with Gasteiger partial charge in [0.25, 0.3) is 8.32 Å². The van der Waals surface area contributed by atoms with Gasteiger partial charge < -0.3 is 9.16 Å². The summed E-state index contributed by atoms with van der Waals surface area (Å²) in [5.74, 6) is -0.130. The average molecular weight is 469 g/mol. The van der Waals surface area contributed by atoms with Crippen molar-refractivity contribution in [2.75, 3.05) is 6.61 Å². The van der Waals surface area contributed by atoms with Gasteiger partial charge in [-0.3, -0.25) is 4.79 Å². The zero-order chi connectivity index (χ0) is 24.5. The van der Waals surface area contributed by atoms with E-state index in [4.69, 9.17) is 9.16 Å². The summed E-state index contributed by atoms with van der Waals surface area (Å²) in [6, 6.07) is 21.6. The minimum Gasteiger partial charge on any atom is -0.460 e. The minimum absolute atomic E-state index is 0.0125. The first-order chi connectivity index (χ1) is 15.5.